The van der Waals surface area contributed by atoms with Crippen molar-refractivity contribution >= 4 is 29.0 Å². The summed E-state index contributed by atoms with van der Waals surface area (Å²) < 4.78 is 7.54. The van der Waals surface area contributed by atoms with E-state index < -0.39 is 0 Å². The van der Waals surface area contributed by atoms with Crippen molar-refractivity contribution in [3.63, 3.8) is 0 Å². The zero-order valence-electron chi connectivity index (χ0n) is 14.4. The Morgan fingerprint density at radius 3 is 3.00 bits per heavy atom. The standard InChI is InChI=1S/C18H20N4O2S2/c1-12(15-5-2-8-24-15)19-17(23)11-26-18-21-20-16(22(18)13-6-7-13)10-14-4-3-9-25-14/h2-5,8-9,12-13H,6-7,10-11H2,1H3,(H,19,23). The highest BCUT2D eigenvalue weighted by Gasteiger charge is 2.30. The fourth-order valence-corrected chi connectivity index (χ4v) is 4.35. The van der Waals surface area contributed by atoms with E-state index in [1.165, 1.54) is 16.6 Å². The second kappa shape index (κ2) is 7.67. The van der Waals surface area contributed by atoms with E-state index in [0.29, 0.717) is 11.8 Å². The Hall–Kier alpha value is -2.06. The molecule has 3 aromatic heterocycles. The van der Waals surface area contributed by atoms with E-state index >= 15 is 0 Å². The molecule has 1 saturated carbocycles. The molecule has 0 radical (unpaired) electrons. The van der Waals surface area contributed by atoms with Gasteiger partial charge >= 0.3 is 0 Å². The number of nitrogens with one attached hydrogen (secondary N) is 1. The molecule has 0 saturated heterocycles. The first-order chi connectivity index (χ1) is 12.7. The number of rotatable bonds is 8. The molecule has 0 spiro atoms. The number of carbonyl (C=O) groups excluding carboxylic acids is 1. The third-order valence-corrected chi connectivity index (χ3v) is 6.06. The van der Waals surface area contributed by atoms with E-state index in [1.807, 2.05) is 19.1 Å². The molecular formula is C18H20N4O2S2. The molecule has 8 heteroatoms. The minimum atomic E-state index is -0.145. The highest BCUT2D eigenvalue weighted by atomic mass is 32.2. The quantitative estimate of drug-likeness (QED) is 0.594. The highest BCUT2D eigenvalue weighted by Crippen LogP contribution is 2.39. The van der Waals surface area contributed by atoms with Crippen molar-refractivity contribution in [3.05, 3.63) is 52.4 Å². The Labute approximate surface area is 160 Å². The van der Waals surface area contributed by atoms with Crippen LogP contribution in [-0.4, -0.2) is 26.4 Å². The molecule has 4 rings (SSSR count). The number of hydrogen-bond donors (Lipinski definition) is 1. The smallest absolute Gasteiger partial charge is 0.231 e. The Balaban J connectivity index is 1.38. The van der Waals surface area contributed by atoms with Crippen LogP contribution < -0.4 is 5.32 Å². The number of amides is 1. The Morgan fingerprint density at radius 2 is 2.31 bits per heavy atom. The van der Waals surface area contributed by atoms with Crippen LogP contribution in [0.25, 0.3) is 0 Å². The van der Waals surface area contributed by atoms with Crippen LogP contribution in [0.2, 0.25) is 0 Å². The van der Waals surface area contributed by atoms with Gasteiger partial charge in [0.1, 0.15) is 11.6 Å². The Bertz CT molecular complexity index is 854. The molecular weight excluding hydrogens is 368 g/mol. The first-order valence-corrected chi connectivity index (χ1v) is 10.5. The molecule has 1 unspecified atom stereocenters. The van der Waals surface area contributed by atoms with E-state index in [4.69, 9.17) is 4.42 Å². The largest absolute Gasteiger partial charge is 0.467 e. The summed E-state index contributed by atoms with van der Waals surface area (Å²) >= 11 is 3.18. The number of furan rings is 1. The van der Waals surface area contributed by atoms with Gasteiger partial charge in [-0.1, -0.05) is 17.8 Å². The third-order valence-electron chi connectivity index (χ3n) is 4.24. The van der Waals surface area contributed by atoms with Gasteiger partial charge in [0.05, 0.1) is 18.1 Å². The molecule has 0 bridgehead atoms. The minimum Gasteiger partial charge on any atom is -0.467 e. The number of thiophene rings is 1. The third kappa shape index (κ3) is 4.02. The fourth-order valence-electron chi connectivity index (χ4n) is 2.82. The van der Waals surface area contributed by atoms with Crippen LogP contribution in [0.4, 0.5) is 0 Å². The second-order valence-electron chi connectivity index (χ2n) is 6.35. The van der Waals surface area contributed by atoms with Gasteiger partial charge in [0.2, 0.25) is 5.91 Å². The van der Waals surface area contributed by atoms with Crippen LogP contribution in [0.3, 0.4) is 0 Å². The van der Waals surface area contributed by atoms with Crippen molar-refractivity contribution in [2.75, 3.05) is 5.75 Å². The zero-order valence-corrected chi connectivity index (χ0v) is 16.1. The molecule has 3 aromatic rings. The molecule has 136 valence electrons. The number of carbonyl (C=O) groups is 1. The number of thioether (sulfide) groups is 1. The zero-order chi connectivity index (χ0) is 17.9. The molecule has 1 atom stereocenters. The summed E-state index contributed by atoms with van der Waals surface area (Å²) in [6.07, 6.45) is 4.72. The first kappa shape index (κ1) is 17.4. The van der Waals surface area contributed by atoms with Gasteiger partial charge in [-0.25, -0.2) is 0 Å². The lowest BCUT2D eigenvalue weighted by molar-refractivity contribution is -0.119. The van der Waals surface area contributed by atoms with Crippen molar-refractivity contribution in [2.45, 2.75) is 43.4 Å². The van der Waals surface area contributed by atoms with Crippen molar-refractivity contribution in [2.24, 2.45) is 0 Å². The molecule has 1 fully saturated rings. The number of hydrogen-bond acceptors (Lipinski definition) is 6. The van der Waals surface area contributed by atoms with Crippen molar-refractivity contribution in [1.82, 2.24) is 20.1 Å². The molecule has 0 aliphatic heterocycles. The molecule has 1 aliphatic carbocycles. The molecule has 1 aliphatic rings. The first-order valence-electron chi connectivity index (χ1n) is 8.62. The van der Waals surface area contributed by atoms with E-state index in [2.05, 4.69) is 37.6 Å². The SMILES string of the molecule is CC(NC(=O)CSc1nnc(Cc2cccs2)n1C1CC1)c1ccco1. The number of aromatic nitrogens is 3. The van der Waals surface area contributed by atoms with Crippen molar-refractivity contribution in [3.8, 4) is 0 Å². The molecule has 3 heterocycles. The van der Waals surface area contributed by atoms with Crippen molar-refractivity contribution in [1.29, 1.82) is 0 Å². The van der Waals surface area contributed by atoms with E-state index in [1.54, 1.807) is 17.6 Å². The summed E-state index contributed by atoms with van der Waals surface area (Å²) in [6.45, 7) is 1.91. The lowest BCUT2D eigenvalue weighted by atomic mass is 10.2. The summed E-state index contributed by atoms with van der Waals surface area (Å²) in [6, 6.07) is 8.19. The normalized spacial score (nSPS) is 15.1. The van der Waals surface area contributed by atoms with Gasteiger partial charge in [-0.2, -0.15) is 0 Å². The maximum Gasteiger partial charge on any atom is 0.231 e. The second-order valence-corrected chi connectivity index (χ2v) is 8.32. The summed E-state index contributed by atoms with van der Waals surface area (Å²) in [5.41, 5.74) is 0. The topological polar surface area (TPSA) is 73.0 Å². The maximum absolute atomic E-state index is 12.3. The Morgan fingerprint density at radius 1 is 1.42 bits per heavy atom. The average molecular weight is 389 g/mol. The summed E-state index contributed by atoms with van der Waals surface area (Å²) in [7, 11) is 0. The predicted molar refractivity (Wildman–Crippen MR) is 101 cm³/mol. The Kier molecular flexibility index (Phi) is 5.12. The fraction of sp³-hybridized carbons (Fsp3) is 0.389. The van der Waals surface area contributed by atoms with Gasteiger partial charge in [-0.3, -0.25) is 4.79 Å². The molecule has 1 amide bonds. The lowest BCUT2D eigenvalue weighted by Gasteiger charge is -2.11. The van der Waals surface area contributed by atoms with Crippen LogP contribution in [-0.2, 0) is 11.2 Å². The monoisotopic (exact) mass is 388 g/mol. The minimum absolute atomic E-state index is 0.0379. The van der Waals surface area contributed by atoms with Gasteiger partial charge in [0.25, 0.3) is 0 Å². The van der Waals surface area contributed by atoms with Crippen LogP contribution in [0.1, 0.15) is 48.3 Å². The molecule has 26 heavy (non-hydrogen) atoms. The summed E-state index contributed by atoms with van der Waals surface area (Å²) in [5.74, 6) is 2.02. The van der Waals surface area contributed by atoms with Gasteiger partial charge in [0, 0.05) is 17.3 Å². The van der Waals surface area contributed by atoms with Gasteiger partial charge in [0.15, 0.2) is 5.16 Å². The predicted octanol–water partition coefficient (Wildman–Crippen LogP) is 3.83. The van der Waals surface area contributed by atoms with Crippen LogP contribution >= 0.6 is 23.1 Å². The molecule has 0 aromatic carbocycles. The van der Waals surface area contributed by atoms with Crippen LogP contribution in [0.5, 0.6) is 0 Å². The van der Waals surface area contributed by atoms with Gasteiger partial charge in [-0.05, 0) is 43.3 Å². The van der Waals surface area contributed by atoms with Crippen molar-refractivity contribution < 1.29 is 9.21 Å². The van der Waals surface area contributed by atoms with Crippen LogP contribution in [0, 0.1) is 0 Å². The highest BCUT2D eigenvalue weighted by molar-refractivity contribution is 7.99. The van der Waals surface area contributed by atoms with E-state index in [0.717, 1.165) is 36.0 Å². The van der Waals surface area contributed by atoms with E-state index in [9.17, 15) is 4.79 Å². The molecule has 1 N–H and O–H groups in total. The van der Waals surface area contributed by atoms with E-state index in [-0.39, 0.29) is 11.9 Å². The summed E-state index contributed by atoms with van der Waals surface area (Å²) in [5, 5.41) is 14.6. The summed E-state index contributed by atoms with van der Waals surface area (Å²) in [4.78, 5) is 13.5. The number of nitrogens with zero attached hydrogens (tertiary/aromatic N) is 3. The van der Waals surface area contributed by atoms with Gasteiger partial charge in [-0.15, -0.1) is 21.5 Å². The maximum atomic E-state index is 12.3. The van der Waals surface area contributed by atoms with Gasteiger partial charge < -0.3 is 14.3 Å². The lowest BCUT2D eigenvalue weighted by Crippen LogP contribution is -2.28. The molecule has 6 nitrogen and oxygen atoms in total. The average Bonchev–Trinajstić information content (AvgIpc) is 3.08. The van der Waals surface area contributed by atoms with Crippen LogP contribution in [0.15, 0.2) is 45.5 Å².